The van der Waals surface area contributed by atoms with Gasteiger partial charge in [-0.2, -0.15) is 0 Å². The number of fused-ring (bicyclic) bond motifs is 1. The number of aromatic nitrogens is 2. The van der Waals surface area contributed by atoms with Gasteiger partial charge in [0.25, 0.3) is 5.69 Å². The Bertz CT molecular complexity index is 959. The average Bonchev–Trinajstić information content (AvgIpc) is 2.96. The molecule has 0 aliphatic heterocycles. The third kappa shape index (κ3) is 4.09. The van der Waals surface area contributed by atoms with Crippen molar-refractivity contribution in [3.05, 3.63) is 57.6 Å². The van der Waals surface area contributed by atoms with E-state index < -0.39 is 10.2 Å². The molecule has 0 aliphatic carbocycles. The summed E-state index contributed by atoms with van der Waals surface area (Å²) in [5.74, 6) is -0.274. The summed E-state index contributed by atoms with van der Waals surface area (Å²) in [4.78, 5) is 30.1. The second-order valence-electron chi connectivity index (χ2n) is 5.26. The van der Waals surface area contributed by atoms with E-state index in [1.54, 1.807) is 31.2 Å². The third-order valence-electron chi connectivity index (χ3n) is 3.40. The highest BCUT2D eigenvalue weighted by atomic mass is 35.5. The van der Waals surface area contributed by atoms with Crippen molar-refractivity contribution >= 4 is 51.7 Å². The number of nitro groups is 1. The fraction of sp³-hybridized carbons (Fsp3) is 0.125. The molecule has 1 heterocycles. The topological polar surface area (TPSA) is 101 Å². The number of nitro benzene ring substituents is 1. The smallest absolute Gasteiger partial charge is 0.271 e. The number of non-ortho nitro benzene ring substituents is 1. The van der Waals surface area contributed by atoms with Crippen LogP contribution in [0.5, 0.6) is 0 Å². The Kier molecular flexibility index (Phi) is 4.91. The number of amides is 1. The van der Waals surface area contributed by atoms with Gasteiger partial charge in [-0.05, 0) is 31.2 Å². The van der Waals surface area contributed by atoms with Crippen molar-refractivity contribution < 1.29 is 9.72 Å². The predicted molar refractivity (Wildman–Crippen MR) is 98.1 cm³/mol. The van der Waals surface area contributed by atoms with Crippen LogP contribution in [0, 0.1) is 10.1 Å². The highest BCUT2D eigenvalue weighted by molar-refractivity contribution is 8.00. The Hall–Kier alpha value is -2.58. The summed E-state index contributed by atoms with van der Waals surface area (Å²) in [6, 6.07) is 11.1. The number of benzene rings is 2. The number of carbonyl (C=O) groups is 1. The maximum atomic E-state index is 12.3. The van der Waals surface area contributed by atoms with Crippen LogP contribution in [-0.4, -0.2) is 26.0 Å². The Morgan fingerprint density at radius 1 is 1.36 bits per heavy atom. The Balaban J connectivity index is 1.69. The first-order chi connectivity index (χ1) is 11.9. The van der Waals surface area contributed by atoms with E-state index in [1.807, 2.05) is 0 Å². The summed E-state index contributed by atoms with van der Waals surface area (Å²) in [6.45, 7) is 1.73. The molecule has 0 spiro atoms. The molecule has 0 radical (unpaired) electrons. The maximum Gasteiger partial charge on any atom is 0.271 e. The second kappa shape index (κ2) is 7.12. The Morgan fingerprint density at radius 2 is 2.16 bits per heavy atom. The lowest BCUT2D eigenvalue weighted by Crippen LogP contribution is -2.22. The van der Waals surface area contributed by atoms with Crippen molar-refractivity contribution in [2.75, 3.05) is 5.32 Å². The van der Waals surface area contributed by atoms with E-state index in [0.29, 0.717) is 15.9 Å². The lowest BCUT2D eigenvalue weighted by Gasteiger charge is -2.10. The quantitative estimate of drug-likeness (QED) is 0.394. The van der Waals surface area contributed by atoms with Crippen LogP contribution in [0.15, 0.2) is 47.6 Å². The molecule has 0 saturated carbocycles. The molecule has 0 fully saturated rings. The van der Waals surface area contributed by atoms with Gasteiger partial charge < -0.3 is 10.3 Å². The van der Waals surface area contributed by atoms with Gasteiger partial charge in [0.15, 0.2) is 5.16 Å². The minimum Gasteiger partial charge on any atom is -0.333 e. The number of hydrogen-bond acceptors (Lipinski definition) is 5. The molecule has 2 N–H and O–H groups in total. The zero-order chi connectivity index (χ0) is 18.0. The molecule has 1 atom stereocenters. The van der Waals surface area contributed by atoms with Crippen molar-refractivity contribution in [3.63, 3.8) is 0 Å². The summed E-state index contributed by atoms with van der Waals surface area (Å²) in [5, 5.41) is 14.2. The minimum absolute atomic E-state index is 0.0766. The first kappa shape index (κ1) is 17.2. The lowest BCUT2D eigenvalue weighted by molar-refractivity contribution is -0.384. The summed E-state index contributed by atoms with van der Waals surface area (Å²) in [7, 11) is 0. The van der Waals surface area contributed by atoms with Crippen LogP contribution in [0.25, 0.3) is 11.0 Å². The number of rotatable bonds is 5. The van der Waals surface area contributed by atoms with Crippen molar-refractivity contribution in [3.8, 4) is 0 Å². The highest BCUT2D eigenvalue weighted by Gasteiger charge is 2.17. The number of anilines is 1. The van der Waals surface area contributed by atoms with E-state index in [9.17, 15) is 14.9 Å². The number of imidazole rings is 1. The van der Waals surface area contributed by atoms with Crippen LogP contribution in [0.1, 0.15) is 6.92 Å². The molecule has 3 rings (SSSR count). The average molecular weight is 377 g/mol. The van der Waals surface area contributed by atoms with Gasteiger partial charge in [0.1, 0.15) is 0 Å². The van der Waals surface area contributed by atoms with Crippen molar-refractivity contribution in [1.29, 1.82) is 0 Å². The van der Waals surface area contributed by atoms with Crippen molar-refractivity contribution in [1.82, 2.24) is 9.97 Å². The predicted octanol–water partition coefficient (Wildman–Crippen LogP) is 4.24. The molecule has 9 heteroatoms. The fourth-order valence-corrected chi connectivity index (χ4v) is 3.17. The molecular weight excluding hydrogens is 364 g/mol. The third-order valence-corrected chi connectivity index (χ3v) is 4.62. The maximum absolute atomic E-state index is 12.3. The molecule has 2 aromatic carbocycles. The van der Waals surface area contributed by atoms with Crippen LogP contribution < -0.4 is 5.32 Å². The summed E-state index contributed by atoms with van der Waals surface area (Å²) in [5.41, 5.74) is 1.86. The molecule has 0 saturated heterocycles. The van der Waals surface area contributed by atoms with Gasteiger partial charge in [-0.1, -0.05) is 29.4 Å². The van der Waals surface area contributed by atoms with Crippen LogP contribution in [-0.2, 0) is 4.79 Å². The van der Waals surface area contributed by atoms with Crippen LogP contribution in [0.3, 0.4) is 0 Å². The monoisotopic (exact) mass is 376 g/mol. The summed E-state index contributed by atoms with van der Waals surface area (Å²) >= 11 is 7.20. The van der Waals surface area contributed by atoms with E-state index in [0.717, 1.165) is 11.0 Å². The number of nitrogens with zero attached hydrogens (tertiary/aromatic N) is 2. The first-order valence-corrected chi connectivity index (χ1v) is 8.55. The van der Waals surface area contributed by atoms with E-state index in [4.69, 9.17) is 11.6 Å². The standard InChI is InChI=1S/C16H13ClN4O3S/c1-9(15(22)18-11-3-2-4-12(8-11)21(23)24)25-16-19-13-6-5-10(17)7-14(13)20-16/h2-9H,1H3,(H,18,22)(H,19,20). The molecule has 0 aliphatic rings. The number of hydrogen-bond donors (Lipinski definition) is 2. The van der Waals surface area contributed by atoms with Crippen molar-refractivity contribution in [2.24, 2.45) is 0 Å². The summed E-state index contributed by atoms with van der Waals surface area (Å²) < 4.78 is 0. The minimum atomic E-state index is -0.507. The molecule has 1 amide bonds. The zero-order valence-corrected chi connectivity index (χ0v) is 14.6. The SMILES string of the molecule is CC(Sc1nc2ccc(Cl)cc2[nH]1)C(=O)Nc1cccc([N+](=O)[O-])c1. The molecule has 7 nitrogen and oxygen atoms in total. The molecule has 128 valence electrons. The van der Waals surface area contributed by atoms with Crippen LogP contribution >= 0.6 is 23.4 Å². The number of halogens is 1. The number of carbonyl (C=O) groups excluding carboxylic acids is 1. The van der Waals surface area contributed by atoms with Gasteiger partial charge in [0.2, 0.25) is 5.91 Å². The molecule has 1 unspecified atom stereocenters. The molecule has 3 aromatic rings. The van der Waals surface area contributed by atoms with Crippen LogP contribution in [0.4, 0.5) is 11.4 Å². The van der Waals surface area contributed by atoms with E-state index in [1.165, 1.54) is 30.0 Å². The molecular formula is C16H13ClN4O3S. The van der Waals surface area contributed by atoms with Gasteiger partial charge >= 0.3 is 0 Å². The number of nitrogens with one attached hydrogen (secondary N) is 2. The number of aromatic amines is 1. The molecule has 0 bridgehead atoms. The molecule has 25 heavy (non-hydrogen) atoms. The van der Waals surface area contributed by atoms with Gasteiger partial charge in [0, 0.05) is 22.8 Å². The van der Waals surface area contributed by atoms with Crippen LogP contribution in [0.2, 0.25) is 5.02 Å². The highest BCUT2D eigenvalue weighted by Crippen LogP contribution is 2.26. The van der Waals surface area contributed by atoms with Gasteiger partial charge in [-0.25, -0.2) is 4.98 Å². The Morgan fingerprint density at radius 3 is 2.92 bits per heavy atom. The van der Waals surface area contributed by atoms with E-state index in [-0.39, 0.29) is 11.6 Å². The van der Waals surface area contributed by atoms with Gasteiger partial charge in [-0.3, -0.25) is 14.9 Å². The Labute approximate surface area is 151 Å². The van der Waals surface area contributed by atoms with E-state index in [2.05, 4.69) is 15.3 Å². The molecule has 1 aromatic heterocycles. The normalized spacial score (nSPS) is 12.1. The fourth-order valence-electron chi connectivity index (χ4n) is 2.18. The lowest BCUT2D eigenvalue weighted by atomic mass is 10.2. The number of thioether (sulfide) groups is 1. The largest absolute Gasteiger partial charge is 0.333 e. The van der Waals surface area contributed by atoms with E-state index >= 15 is 0 Å². The van der Waals surface area contributed by atoms with Gasteiger partial charge in [0.05, 0.1) is 21.2 Å². The first-order valence-electron chi connectivity index (χ1n) is 7.29. The second-order valence-corrected chi connectivity index (χ2v) is 7.03. The zero-order valence-electron chi connectivity index (χ0n) is 13.0. The number of H-pyrrole nitrogens is 1. The summed E-state index contributed by atoms with van der Waals surface area (Å²) in [6.07, 6.45) is 0. The van der Waals surface area contributed by atoms with Gasteiger partial charge in [-0.15, -0.1) is 0 Å². The van der Waals surface area contributed by atoms with Crippen molar-refractivity contribution in [2.45, 2.75) is 17.3 Å².